The first-order valence-corrected chi connectivity index (χ1v) is 12.0. The molecular weight excluding hydrogens is 478 g/mol. The predicted molar refractivity (Wildman–Crippen MR) is 135 cm³/mol. The van der Waals surface area contributed by atoms with Gasteiger partial charge in [-0.2, -0.15) is 5.26 Å². The maximum atomic E-state index is 15.0. The molecule has 37 heavy (non-hydrogen) atoms. The number of hydrogen-bond donors (Lipinski definition) is 2. The highest BCUT2D eigenvalue weighted by Crippen LogP contribution is 2.34. The molecule has 1 fully saturated rings. The van der Waals surface area contributed by atoms with Crippen LogP contribution in [0.2, 0.25) is 0 Å². The number of fused-ring (bicyclic) bond motifs is 1. The Morgan fingerprint density at radius 2 is 1.89 bits per heavy atom. The number of halogens is 2. The fraction of sp³-hybridized carbons (Fsp3) is 0.308. The van der Waals surface area contributed by atoms with Gasteiger partial charge in [-0.25, -0.2) is 23.7 Å². The van der Waals surface area contributed by atoms with Gasteiger partial charge in [0.1, 0.15) is 18.2 Å². The molecule has 3 aromatic heterocycles. The van der Waals surface area contributed by atoms with Gasteiger partial charge in [-0.15, -0.1) is 0 Å². The number of likely N-dealkylation sites (N-methyl/N-ethyl adjacent to an activating group) is 1. The molecule has 0 saturated carbocycles. The van der Waals surface area contributed by atoms with Gasteiger partial charge in [0.25, 0.3) is 0 Å². The minimum Gasteiger partial charge on any atom is -0.434 e. The summed E-state index contributed by atoms with van der Waals surface area (Å²) >= 11 is 0. The second-order valence-electron chi connectivity index (χ2n) is 8.91. The van der Waals surface area contributed by atoms with Crippen LogP contribution in [0.15, 0.2) is 36.8 Å². The van der Waals surface area contributed by atoms with Gasteiger partial charge in [0.2, 0.25) is 5.88 Å². The number of pyridine rings is 1. The second kappa shape index (κ2) is 10.5. The van der Waals surface area contributed by atoms with E-state index in [-0.39, 0.29) is 33.9 Å². The quantitative estimate of drug-likeness (QED) is 0.379. The number of nitrogens with zero attached hydrogens (tertiary/aromatic N) is 6. The second-order valence-corrected chi connectivity index (χ2v) is 8.91. The van der Waals surface area contributed by atoms with E-state index < -0.39 is 11.6 Å². The zero-order valence-electron chi connectivity index (χ0n) is 20.6. The van der Waals surface area contributed by atoms with Crippen LogP contribution >= 0.6 is 0 Å². The van der Waals surface area contributed by atoms with Crippen molar-refractivity contribution in [3.05, 3.63) is 65.2 Å². The summed E-state index contributed by atoms with van der Waals surface area (Å²) in [7, 11) is 0. The molecule has 4 heterocycles. The first-order valence-electron chi connectivity index (χ1n) is 12.0. The Morgan fingerprint density at radius 3 is 2.59 bits per heavy atom. The molecule has 0 bridgehead atoms. The van der Waals surface area contributed by atoms with E-state index in [2.05, 4.69) is 42.0 Å². The van der Waals surface area contributed by atoms with Gasteiger partial charge in [0, 0.05) is 56.1 Å². The summed E-state index contributed by atoms with van der Waals surface area (Å²) < 4.78 is 35.1. The standard InChI is InChI=1S/C26H26F2N8O/c1-3-35-6-8-36(9-7-35)14-17-4-5-22(30-13-17)34-25-19(12-29)26(32-15-31-25)37-21-11-20(27)24-18(23(21)28)10-16(2)33-24/h4-5,10-11,13,15,33H,3,6-9,14H2,1-2H3,(H,30,31,32,34). The summed E-state index contributed by atoms with van der Waals surface area (Å²) in [5, 5.41) is 12.8. The van der Waals surface area contributed by atoms with Gasteiger partial charge in [-0.3, -0.25) is 4.90 Å². The number of piperazine rings is 1. The van der Waals surface area contributed by atoms with Crippen molar-refractivity contribution in [1.82, 2.24) is 29.7 Å². The Balaban J connectivity index is 1.32. The summed E-state index contributed by atoms with van der Waals surface area (Å²) in [6.45, 7) is 9.92. The van der Waals surface area contributed by atoms with Crippen LogP contribution in [0.25, 0.3) is 10.9 Å². The normalized spacial score (nSPS) is 14.6. The lowest BCUT2D eigenvalue weighted by Gasteiger charge is -2.33. The van der Waals surface area contributed by atoms with Gasteiger partial charge < -0.3 is 19.9 Å². The van der Waals surface area contributed by atoms with E-state index in [1.807, 2.05) is 12.1 Å². The number of rotatable bonds is 7. The smallest absolute Gasteiger partial charge is 0.242 e. The Bertz CT molecular complexity index is 1460. The average Bonchev–Trinajstić information content (AvgIpc) is 3.31. The summed E-state index contributed by atoms with van der Waals surface area (Å²) in [5.74, 6) is -1.40. The predicted octanol–water partition coefficient (Wildman–Crippen LogP) is 4.48. The lowest BCUT2D eigenvalue weighted by atomic mass is 10.2. The number of hydrogen-bond acceptors (Lipinski definition) is 8. The minimum absolute atomic E-state index is 0.0469. The van der Waals surface area contributed by atoms with E-state index in [1.54, 1.807) is 19.2 Å². The number of H-pyrrole nitrogens is 1. The third kappa shape index (κ3) is 5.21. The molecule has 0 unspecified atom stereocenters. The minimum atomic E-state index is -0.758. The highest BCUT2D eigenvalue weighted by atomic mass is 19.1. The molecule has 2 N–H and O–H groups in total. The van der Waals surface area contributed by atoms with Gasteiger partial charge in [0.15, 0.2) is 28.8 Å². The largest absolute Gasteiger partial charge is 0.434 e. The lowest BCUT2D eigenvalue weighted by molar-refractivity contribution is 0.132. The zero-order valence-corrected chi connectivity index (χ0v) is 20.6. The van der Waals surface area contributed by atoms with Crippen molar-refractivity contribution in [3.8, 4) is 17.7 Å². The Morgan fingerprint density at radius 1 is 1.11 bits per heavy atom. The van der Waals surface area contributed by atoms with Crippen molar-refractivity contribution >= 4 is 22.5 Å². The molecule has 9 nitrogen and oxygen atoms in total. The van der Waals surface area contributed by atoms with Gasteiger partial charge in [-0.1, -0.05) is 13.0 Å². The van der Waals surface area contributed by atoms with Crippen LogP contribution < -0.4 is 10.1 Å². The van der Waals surface area contributed by atoms with Crippen LogP contribution in [0.1, 0.15) is 23.7 Å². The molecule has 0 radical (unpaired) electrons. The van der Waals surface area contributed by atoms with Gasteiger partial charge in [-0.05, 0) is 31.2 Å². The van der Waals surface area contributed by atoms with E-state index in [0.717, 1.165) is 50.9 Å². The Labute approximate surface area is 212 Å². The number of ether oxygens (including phenoxy) is 1. The summed E-state index contributed by atoms with van der Waals surface area (Å²) in [4.78, 5) is 20.1. The third-order valence-electron chi connectivity index (χ3n) is 6.42. The first kappa shape index (κ1) is 24.5. The summed E-state index contributed by atoms with van der Waals surface area (Å²) in [6, 6.07) is 8.16. The van der Waals surface area contributed by atoms with E-state index in [1.165, 1.54) is 12.4 Å². The molecule has 11 heteroatoms. The molecule has 0 spiro atoms. The van der Waals surface area contributed by atoms with Crippen molar-refractivity contribution < 1.29 is 13.5 Å². The highest BCUT2D eigenvalue weighted by Gasteiger charge is 2.20. The Kier molecular flexibility index (Phi) is 6.94. The maximum absolute atomic E-state index is 15.0. The molecule has 1 aliphatic heterocycles. The third-order valence-corrected chi connectivity index (χ3v) is 6.42. The van der Waals surface area contributed by atoms with Gasteiger partial charge >= 0.3 is 0 Å². The van der Waals surface area contributed by atoms with Crippen molar-refractivity contribution in [2.24, 2.45) is 0 Å². The van der Waals surface area contributed by atoms with E-state index in [0.29, 0.717) is 11.5 Å². The van der Waals surface area contributed by atoms with Crippen LogP contribution in [0, 0.1) is 29.9 Å². The molecule has 1 saturated heterocycles. The first-order chi connectivity index (χ1) is 17.9. The van der Waals surface area contributed by atoms with Crippen molar-refractivity contribution in [2.75, 3.05) is 38.0 Å². The molecular formula is C26H26F2N8O. The van der Waals surface area contributed by atoms with Crippen molar-refractivity contribution in [2.45, 2.75) is 20.4 Å². The molecule has 5 rings (SSSR count). The lowest BCUT2D eigenvalue weighted by Crippen LogP contribution is -2.45. The molecule has 1 aliphatic rings. The van der Waals surface area contributed by atoms with Gasteiger partial charge in [0.05, 0.1) is 5.52 Å². The maximum Gasteiger partial charge on any atom is 0.242 e. The SMILES string of the molecule is CCN1CCN(Cc2ccc(Nc3ncnc(Oc4cc(F)c5[nH]c(C)cc5c4F)c3C#N)nc2)CC1. The topological polar surface area (TPSA) is 106 Å². The van der Waals surface area contributed by atoms with Crippen LogP contribution in [-0.2, 0) is 6.54 Å². The Hall–Kier alpha value is -4.14. The monoisotopic (exact) mass is 504 g/mol. The average molecular weight is 505 g/mol. The summed E-state index contributed by atoms with van der Waals surface area (Å²) in [5.41, 5.74) is 1.67. The molecule has 0 aliphatic carbocycles. The number of nitrogens with one attached hydrogen (secondary N) is 2. The van der Waals surface area contributed by atoms with E-state index in [4.69, 9.17) is 4.74 Å². The number of anilines is 2. The van der Waals surface area contributed by atoms with Crippen LogP contribution in [-0.4, -0.2) is 62.5 Å². The van der Waals surface area contributed by atoms with Crippen LogP contribution in [0.5, 0.6) is 11.6 Å². The number of aromatic amines is 1. The van der Waals surface area contributed by atoms with Crippen molar-refractivity contribution in [1.29, 1.82) is 5.26 Å². The zero-order chi connectivity index (χ0) is 25.9. The fourth-order valence-corrected chi connectivity index (χ4v) is 4.39. The number of benzene rings is 1. The molecule has 1 aromatic carbocycles. The number of aryl methyl sites for hydroxylation is 1. The van der Waals surface area contributed by atoms with E-state index in [9.17, 15) is 9.65 Å². The number of aromatic nitrogens is 4. The van der Waals surface area contributed by atoms with Crippen molar-refractivity contribution in [3.63, 3.8) is 0 Å². The highest BCUT2D eigenvalue weighted by molar-refractivity contribution is 5.83. The number of nitriles is 1. The molecule has 190 valence electrons. The van der Waals surface area contributed by atoms with E-state index >= 15 is 4.39 Å². The fourth-order valence-electron chi connectivity index (χ4n) is 4.39. The molecule has 0 atom stereocenters. The van der Waals surface area contributed by atoms with Crippen LogP contribution in [0.4, 0.5) is 20.4 Å². The molecule has 4 aromatic rings. The summed E-state index contributed by atoms with van der Waals surface area (Å²) in [6.07, 6.45) is 2.96. The van der Waals surface area contributed by atoms with Crippen LogP contribution in [0.3, 0.4) is 0 Å². The molecule has 0 amide bonds.